The van der Waals surface area contributed by atoms with Crippen molar-refractivity contribution in [3.8, 4) is 11.4 Å². The zero-order valence-corrected chi connectivity index (χ0v) is 21.8. The van der Waals surface area contributed by atoms with Crippen molar-refractivity contribution >= 4 is 44.3 Å². The molecule has 0 radical (unpaired) electrons. The van der Waals surface area contributed by atoms with Crippen molar-refractivity contribution in [1.82, 2.24) is 33.9 Å². The van der Waals surface area contributed by atoms with Crippen molar-refractivity contribution in [1.29, 1.82) is 0 Å². The summed E-state index contributed by atoms with van der Waals surface area (Å²) in [5.41, 5.74) is 6.93. The summed E-state index contributed by atoms with van der Waals surface area (Å²) in [6, 6.07) is 3.72. The predicted molar refractivity (Wildman–Crippen MR) is 141 cm³/mol. The summed E-state index contributed by atoms with van der Waals surface area (Å²) in [4.78, 5) is 27.2. The number of hydrogen-bond donors (Lipinski definition) is 2. The minimum atomic E-state index is -3.47. The van der Waals surface area contributed by atoms with Gasteiger partial charge in [-0.15, -0.1) is 0 Å². The van der Waals surface area contributed by atoms with E-state index in [9.17, 15) is 13.2 Å². The highest BCUT2D eigenvalue weighted by Crippen LogP contribution is 2.33. The van der Waals surface area contributed by atoms with Crippen molar-refractivity contribution in [2.45, 2.75) is 44.4 Å². The lowest BCUT2D eigenvalue weighted by Crippen LogP contribution is -2.27. The first kappa shape index (κ1) is 24.3. The summed E-state index contributed by atoms with van der Waals surface area (Å²) in [6.07, 6.45) is 8.29. The zero-order chi connectivity index (χ0) is 26.6. The number of pyridine rings is 1. The second-order valence-electron chi connectivity index (χ2n) is 10.0. The molecule has 1 aliphatic carbocycles. The standard InChI is InChI=1S/C24H28N10O3S/c1-14(2)34-19-9-21(27-11-18(19)24(31-34)32-8-6-15(12-32)22(25)35)29-20-5-7-26-23(30-20)16-10-28-33(13-16)38(36,37)17-3-4-17/h5,7,9-11,13-15,17H,3-4,6,8,12H2,1-2H3,(H2,25,35)(H,26,27,29,30). The van der Waals surface area contributed by atoms with Gasteiger partial charge < -0.3 is 16.0 Å². The molecule has 0 bridgehead atoms. The van der Waals surface area contributed by atoms with Gasteiger partial charge in [0.25, 0.3) is 10.0 Å². The van der Waals surface area contributed by atoms with E-state index in [0.717, 1.165) is 20.8 Å². The second-order valence-corrected chi connectivity index (χ2v) is 12.1. The highest BCUT2D eigenvalue weighted by atomic mass is 32.2. The average Bonchev–Trinajstić information content (AvgIpc) is 3.29. The number of anilines is 3. The van der Waals surface area contributed by atoms with Gasteiger partial charge in [-0.25, -0.2) is 23.4 Å². The Hall–Kier alpha value is -4.07. The summed E-state index contributed by atoms with van der Waals surface area (Å²) in [5.74, 6) is 1.74. The number of primary amides is 1. The minimum Gasteiger partial charge on any atom is -0.369 e. The third-order valence-corrected chi connectivity index (χ3v) is 8.92. The second kappa shape index (κ2) is 9.04. The average molecular weight is 537 g/mol. The van der Waals surface area contributed by atoms with Crippen LogP contribution in [0.25, 0.3) is 22.3 Å². The highest BCUT2D eigenvalue weighted by Gasteiger charge is 2.37. The lowest BCUT2D eigenvalue weighted by molar-refractivity contribution is -0.121. The quantitative estimate of drug-likeness (QED) is 0.340. The molecule has 6 rings (SSSR count). The normalized spacial score (nSPS) is 18.0. The fourth-order valence-corrected chi connectivity index (χ4v) is 6.15. The van der Waals surface area contributed by atoms with Crippen LogP contribution in [0.1, 0.15) is 39.2 Å². The van der Waals surface area contributed by atoms with E-state index in [0.29, 0.717) is 55.4 Å². The smallest absolute Gasteiger partial charge is 0.256 e. The number of hydrogen-bond acceptors (Lipinski definition) is 10. The topological polar surface area (TPSA) is 167 Å². The lowest BCUT2D eigenvalue weighted by atomic mass is 10.1. The Morgan fingerprint density at radius 3 is 2.68 bits per heavy atom. The molecule has 4 aromatic rings. The molecule has 14 heteroatoms. The number of nitrogens with two attached hydrogens (primary N) is 1. The maximum atomic E-state index is 12.5. The molecule has 1 atom stereocenters. The van der Waals surface area contributed by atoms with Crippen molar-refractivity contribution < 1.29 is 13.2 Å². The van der Waals surface area contributed by atoms with Gasteiger partial charge in [-0.3, -0.25) is 9.48 Å². The predicted octanol–water partition coefficient (Wildman–Crippen LogP) is 2.06. The van der Waals surface area contributed by atoms with Crippen molar-refractivity contribution in [3.63, 3.8) is 0 Å². The number of amides is 1. The summed E-state index contributed by atoms with van der Waals surface area (Å²) in [7, 11) is -3.47. The SMILES string of the molecule is CC(C)n1nc(N2CCC(C(N)=O)C2)c2cnc(Nc3ccnc(-c4cnn(S(=O)(=O)C5CC5)c4)n3)cc21. The van der Waals surface area contributed by atoms with Gasteiger partial charge in [-0.1, -0.05) is 0 Å². The fourth-order valence-electron chi connectivity index (χ4n) is 4.67. The van der Waals surface area contributed by atoms with Gasteiger partial charge in [0.05, 0.1) is 40.0 Å². The van der Waals surface area contributed by atoms with Gasteiger partial charge >= 0.3 is 0 Å². The van der Waals surface area contributed by atoms with Crippen LogP contribution in [0.4, 0.5) is 17.5 Å². The summed E-state index contributed by atoms with van der Waals surface area (Å²) in [6.45, 7) is 5.36. The van der Waals surface area contributed by atoms with E-state index >= 15 is 0 Å². The molecule has 1 saturated heterocycles. The van der Waals surface area contributed by atoms with Crippen molar-refractivity contribution in [2.75, 3.05) is 23.3 Å². The molecule has 2 fully saturated rings. The molecule has 38 heavy (non-hydrogen) atoms. The molecule has 1 aliphatic heterocycles. The summed E-state index contributed by atoms with van der Waals surface area (Å²) in [5, 5.41) is 12.6. The molecule has 4 aromatic heterocycles. The first-order chi connectivity index (χ1) is 18.2. The number of carbonyl (C=O) groups is 1. The van der Waals surface area contributed by atoms with Gasteiger partial charge in [-0.2, -0.15) is 14.3 Å². The number of carbonyl (C=O) groups excluding carboxylic acids is 1. The third kappa shape index (κ3) is 4.34. The van der Waals surface area contributed by atoms with Crippen LogP contribution in [-0.4, -0.2) is 66.6 Å². The van der Waals surface area contributed by atoms with Crippen LogP contribution in [0.5, 0.6) is 0 Å². The van der Waals surface area contributed by atoms with Crippen LogP contribution in [0, 0.1) is 5.92 Å². The van der Waals surface area contributed by atoms with Gasteiger partial charge in [0, 0.05) is 37.6 Å². The molecule has 0 spiro atoms. The van der Waals surface area contributed by atoms with E-state index in [1.165, 1.54) is 12.4 Å². The molecule has 1 amide bonds. The Morgan fingerprint density at radius 1 is 1.16 bits per heavy atom. The van der Waals surface area contributed by atoms with Crippen LogP contribution in [0.3, 0.4) is 0 Å². The van der Waals surface area contributed by atoms with E-state index in [-0.39, 0.29) is 23.1 Å². The summed E-state index contributed by atoms with van der Waals surface area (Å²) >= 11 is 0. The van der Waals surface area contributed by atoms with E-state index in [1.54, 1.807) is 18.5 Å². The van der Waals surface area contributed by atoms with E-state index in [1.807, 2.05) is 10.7 Å². The van der Waals surface area contributed by atoms with E-state index < -0.39 is 10.0 Å². The molecule has 5 heterocycles. The Bertz CT molecular complexity index is 1640. The largest absolute Gasteiger partial charge is 0.369 e. The number of nitrogens with one attached hydrogen (secondary N) is 1. The molecular weight excluding hydrogens is 508 g/mol. The van der Waals surface area contributed by atoms with Gasteiger partial charge in [0.1, 0.15) is 11.6 Å². The molecule has 198 valence electrons. The molecule has 2 aliphatic rings. The minimum absolute atomic E-state index is 0.102. The fraction of sp³-hybridized carbons (Fsp3) is 0.417. The first-order valence-electron chi connectivity index (χ1n) is 12.5. The van der Waals surface area contributed by atoms with E-state index in [2.05, 4.69) is 44.1 Å². The molecule has 13 nitrogen and oxygen atoms in total. The Kier molecular flexibility index (Phi) is 5.78. The maximum Gasteiger partial charge on any atom is 0.256 e. The monoisotopic (exact) mass is 536 g/mol. The number of aromatic nitrogens is 7. The van der Waals surface area contributed by atoms with Crippen LogP contribution < -0.4 is 16.0 Å². The molecule has 3 N–H and O–H groups in total. The first-order valence-corrected chi connectivity index (χ1v) is 14.0. The van der Waals surface area contributed by atoms with Gasteiger partial charge in [-0.05, 0) is 39.2 Å². The Labute approximate surface area is 219 Å². The molecule has 0 aromatic carbocycles. The Morgan fingerprint density at radius 2 is 1.97 bits per heavy atom. The molecule has 1 saturated carbocycles. The lowest BCUT2D eigenvalue weighted by Gasteiger charge is -2.15. The number of fused-ring (bicyclic) bond motifs is 1. The molecular formula is C24H28N10O3S. The highest BCUT2D eigenvalue weighted by molar-refractivity contribution is 7.90. The maximum absolute atomic E-state index is 12.5. The Balaban J connectivity index is 1.27. The number of nitrogens with zero attached hydrogens (tertiary/aromatic N) is 8. The van der Waals surface area contributed by atoms with Crippen LogP contribution in [-0.2, 0) is 14.8 Å². The van der Waals surface area contributed by atoms with E-state index in [4.69, 9.17) is 10.8 Å². The van der Waals surface area contributed by atoms with Crippen LogP contribution in [0.15, 0.2) is 36.9 Å². The van der Waals surface area contributed by atoms with Gasteiger partial charge in [0.2, 0.25) is 5.91 Å². The molecule has 1 unspecified atom stereocenters. The zero-order valence-electron chi connectivity index (χ0n) is 21.0. The number of rotatable bonds is 8. The summed E-state index contributed by atoms with van der Waals surface area (Å²) < 4.78 is 27.9. The van der Waals surface area contributed by atoms with Crippen LogP contribution >= 0.6 is 0 Å². The van der Waals surface area contributed by atoms with Gasteiger partial charge in [0.15, 0.2) is 11.6 Å². The van der Waals surface area contributed by atoms with Crippen LogP contribution in [0.2, 0.25) is 0 Å². The van der Waals surface area contributed by atoms with Crippen molar-refractivity contribution in [2.24, 2.45) is 11.7 Å². The third-order valence-electron chi connectivity index (χ3n) is 6.89. The van der Waals surface area contributed by atoms with Crippen molar-refractivity contribution in [3.05, 3.63) is 36.9 Å².